The quantitative estimate of drug-likeness (QED) is 0.605. The molecule has 0 saturated heterocycles. The number of aryl methyl sites for hydroxylation is 1. The third-order valence-electron chi connectivity index (χ3n) is 3.45. The van der Waals surface area contributed by atoms with Crippen LogP contribution in [0.3, 0.4) is 0 Å². The van der Waals surface area contributed by atoms with Gasteiger partial charge >= 0.3 is 5.69 Å². The molecule has 0 aromatic heterocycles. The van der Waals surface area contributed by atoms with E-state index in [4.69, 9.17) is 0 Å². The molecule has 0 bridgehead atoms. The zero-order chi connectivity index (χ0) is 17.7. The first kappa shape index (κ1) is 17.9. The first-order valence-electron chi connectivity index (χ1n) is 7.39. The van der Waals surface area contributed by atoms with Crippen LogP contribution in [0, 0.1) is 15.9 Å². The zero-order valence-corrected chi connectivity index (χ0v) is 13.8. The summed E-state index contributed by atoms with van der Waals surface area (Å²) in [5, 5.41) is 10.7. The second kappa shape index (κ2) is 7.39. The molecule has 0 atom stereocenters. The monoisotopic (exact) mass is 352 g/mol. The molecule has 24 heavy (non-hydrogen) atoms. The number of nitrogens with one attached hydrogen (secondary N) is 1. The lowest BCUT2D eigenvalue weighted by molar-refractivity contribution is -0.387. The molecule has 2 rings (SSSR count). The van der Waals surface area contributed by atoms with Crippen LogP contribution in [0.25, 0.3) is 0 Å². The van der Waals surface area contributed by atoms with Crippen LogP contribution in [0.4, 0.5) is 15.8 Å². The van der Waals surface area contributed by atoms with E-state index in [9.17, 15) is 22.9 Å². The number of nitro benzene ring substituents is 1. The second-order valence-corrected chi connectivity index (χ2v) is 6.96. The summed E-state index contributed by atoms with van der Waals surface area (Å²) in [7, 11) is -3.90. The van der Waals surface area contributed by atoms with Crippen LogP contribution in [0.1, 0.15) is 25.3 Å². The Kier molecular flexibility index (Phi) is 5.50. The summed E-state index contributed by atoms with van der Waals surface area (Å²) in [5.41, 5.74) is 0.177. The van der Waals surface area contributed by atoms with Gasteiger partial charge in [-0.1, -0.05) is 25.5 Å². The van der Waals surface area contributed by atoms with Gasteiger partial charge in [0.1, 0.15) is 0 Å². The van der Waals surface area contributed by atoms with Crippen molar-refractivity contribution in [1.82, 2.24) is 0 Å². The summed E-state index contributed by atoms with van der Waals surface area (Å²) < 4.78 is 40.2. The number of hydrogen-bond donors (Lipinski definition) is 1. The molecule has 0 radical (unpaired) electrons. The normalized spacial score (nSPS) is 11.2. The van der Waals surface area contributed by atoms with Gasteiger partial charge in [-0.15, -0.1) is 0 Å². The van der Waals surface area contributed by atoms with Crippen LogP contribution < -0.4 is 4.72 Å². The average Bonchev–Trinajstić information content (AvgIpc) is 2.54. The fourth-order valence-corrected chi connectivity index (χ4v) is 3.20. The number of nitro groups is 1. The number of hydrogen-bond acceptors (Lipinski definition) is 4. The van der Waals surface area contributed by atoms with E-state index in [0.717, 1.165) is 43.0 Å². The minimum atomic E-state index is -3.90. The molecule has 0 aliphatic rings. The molecule has 0 amide bonds. The third-order valence-corrected chi connectivity index (χ3v) is 4.84. The van der Waals surface area contributed by atoms with Gasteiger partial charge in [0.2, 0.25) is 5.82 Å². The lowest BCUT2D eigenvalue weighted by Gasteiger charge is -2.09. The highest BCUT2D eigenvalue weighted by Gasteiger charge is 2.18. The largest absolute Gasteiger partial charge is 0.306 e. The molecular weight excluding hydrogens is 335 g/mol. The van der Waals surface area contributed by atoms with Crippen molar-refractivity contribution in [1.29, 1.82) is 0 Å². The molecule has 1 N–H and O–H groups in total. The van der Waals surface area contributed by atoms with Gasteiger partial charge in [0.25, 0.3) is 10.0 Å². The van der Waals surface area contributed by atoms with Crippen molar-refractivity contribution in [2.75, 3.05) is 4.72 Å². The molecule has 2 aromatic rings. The molecule has 6 nitrogen and oxygen atoms in total. The third kappa shape index (κ3) is 4.29. The first-order valence-corrected chi connectivity index (χ1v) is 8.87. The molecule has 0 unspecified atom stereocenters. The van der Waals surface area contributed by atoms with Gasteiger partial charge in [-0.25, -0.2) is 8.42 Å². The summed E-state index contributed by atoms with van der Waals surface area (Å²) in [5.74, 6) is -1.02. The lowest BCUT2D eigenvalue weighted by Crippen LogP contribution is -2.13. The summed E-state index contributed by atoms with van der Waals surface area (Å²) in [6.07, 6.45) is 2.93. The minimum absolute atomic E-state index is 0.0368. The Morgan fingerprint density at radius 1 is 1.17 bits per heavy atom. The van der Waals surface area contributed by atoms with Gasteiger partial charge in [0.05, 0.1) is 15.5 Å². The van der Waals surface area contributed by atoms with Gasteiger partial charge in [-0.3, -0.25) is 14.8 Å². The van der Waals surface area contributed by atoms with Gasteiger partial charge in [0, 0.05) is 6.07 Å². The van der Waals surface area contributed by atoms with E-state index in [0.29, 0.717) is 0 Å². The molecule has 0 aliphatic carbocycles. The van der Waals surface area contributed by atoms with Crippen molar-refractivity contribution in [2.24, 2.45) is 0 Å². The van der Waals surface area contributed by atoms with Crippen LogP contribution in [0.15, 0.2) is 47.4 Å². The standard InChI is InChI=1S/C16H17FN2O4S/c1-2-3-4-12-5-8-14(9-6-12)24(22,23)18-13-7-10-15(17)16(11-13)19(20)21/h5-11,18H,2-4H2,1H3. The Labute approximate surface area is 139 Å². The number of halogens is 1. The van der Waals surface area contributed by atoms with E-state index in [1.54, 1.807) is 12.1 Å². The van der Waals surface area contributed by atoms with E-state index in [1.165, 1.54) is 12.1 Å². The molecule has 0 fully saturated rings. The fraction of sp³-hybridized carbons (Fsp3) is 0.250. The van der Waals surface area contributed by atoms with E-state index >= 15 is 0 Å². The Balaban J connectivity index is 2.22. The number of anilines is 1. The average molecular weight is 352 g/mol. The maximum absolute atomic E-state index is 13.3. The maximum Gasteiger partial charge on any atom is 0.306 e. The predicted molar refractivity (Wildman–Crippen MR) is 88.9 cm³/mol. The molecule has 2 aromatic carbocycles. The lowest BCUT2D eigenvalue weighted by atomic mass is 10.1. The van der Waals surface area contributed by atoms with Gasteiger partial charge < -0.3 is 0 Å². The van der Waals surface area contributed by atoms with Crippen molar-refractivity contribution < 1.29 is 17.7 Å². The van der Waals surface area contributed by atoms with Crippen molar-refractivity contribution >= 4 is 21.4 Å². The van der Waals surface area contributed by atoms with Gasteiger partial charge in [-0.2, -0.15) is 4.39 Å². The topological polar surface area (TPSA) is 89.3 Å². The molecule has 0 aliphatic heterocycles. The van der Waals surface area contributed by atoms with Crippen molar-refractivity contribution in [3.05, 3.63) is 64.0 Å². The van der Waals surface area contributed by atoms with E-state index in [-0.39, 0.29) is 10.6 Å². The van der Waals surface area contributed by atoms with Crippen LogP contribution in [0.5, 0.6) is 0 Å². The predicted octanol–water partition coefficient (Wildman–Crippen LogP) is 3.88. The molecule has 128 valence electrons. The van der Waals surface area contributed by atoms with Crippen LogP contribution in [-0.4, -0.2) is 13.3 Å². The summed E-state index contributed by atoms with van der Waals surface area (Å²) in [6, 6.07) is 9.26. The molecule has 8 heteroatoms. The summed E-state index contributed by atoms with van der Waals surface area (Å²) in [4.78, 5) is 9.85. The number of unbranched alkanes of at least 4 members (excludes halogenated alkanes) is 1. The number of sulfonamides is 1. The molecule has 0 heterocycles. The highest BCUT2D eigenvalue weighted by Crippen LogP contribution is 2.24. The van der Waals surface area contributed by atoms with E-state index in [2.05, 4.69) is 11.6 Å². The van der Waals surface area contributed by atoms with E-state index in [1.807, 2.05) is 0 Å². The highest BCUT2D eigenvalue weighted by atomic mass is 32.2. The van der Waals surface area contributed by atoms with Gasteiger partial charge in [-0.05, 0) is 42.7 Å². The molecule has 0 saturated carbocycles. The van der Waals surface area contributed by atoms with E-state index < -0.39 is 26.5 Å². The number of benzene rings is 2. The summed E-state index contributed by atoms with van der Waals surface area (Å²) >= 11 is 0. The SMILES string of the molecule is CCCCc1ccc(S(=O)(=O)Nc2ccc(F)c([N+](=O)[O-])c2)cc1. The van der Waals surface area contributed by atoms with Gasteiger partial charge in [0.15, 0.2) is 0 Å². The van der Waals surface area contributed by atoms with Crippen LogP contribution in [-0.2, 0) is 16.4 Å². The van der Waals surface area contributed by atoms with Crippen molar-refractivity contribution in [3.63, 3.8) is 0 Å². The molecule has 0 spiro atoms. The summed E-state index contributed by atoms with van der Waals surface area (Å²) in [6.45, 7) is 2.07. The fourth-order valence-electron chi connectivity index (χ4n) is 2.15. The smallest absolute Gasteiger partial charge is 0.279 e. The van der Waals surface area contributed by atoms with Crippen LogP contribution in [0.2, 0.25) is 0 Å². The van der Waals surface area contributed by atoms with Crippen molar-refractivity contribution in [3.8, 4) is 0 Å². The number of rotatable bonds is 7. The molecular formula is C16H17FN2O4S. The highest BCUT2D eigenvalue weighted by molar-refractivity contribution is 7.92. The van der Waals surface area contributed by atoms with Crippen LogP contribution >= 0.6 is 0 Å². The number of nitrogens with zero attached hydrogens (tertiary/aromatic N) is 1. The van der Waals surface area contributed by atoms with Crippen molar-refractivity contribution in [2.45, 2.75) is 31.1 Å². The maximum atomic E-state index is 13.3. The Hall–Kier alpha value is -2.48. The second-order valence-electron chi connectivity index (χ2n) is 5.28. The minimum Gasteiger partial charge on any atom is -0.279 e. The Bertz CT molecular complexity index is 836. The Morgan fingerprint density at radius 3 is 2.42 bits per heavy atom. The first-order chi connectivity index (χ1) is 11.3. The zero-order valence-electron chi connectivity index (χ0n) is 13.0. The Morgan fingerprint density at radius 2 is 1.83 bits per heavy atom.